The average molecular weight is 384 g/mol. The molecule has 3 aromatic rings. The van der Waals surface area contributed by atoms with Crippen molar-refractivity contribution in [3.8, 4) is 11.5 Å². The third-order valence-electron chi connectivity index (χ3n) is 4.27. The SMILES string of the molecule is COc1cc(CCNC(=O)Cn2cnc3cccc([N+](=O)[O-])c32)cc(OC)c1. The molecule has 0 fully saturated rings. The number of fused-ring (bicyclic) bond motifs is 1. The van der Waals surface area contributed by atoms with E-state index in [-0.39, 0.29) is 18.1 Å². The van der Waals surface area contributed by atoms with Crippen molar-refractivity contribution in [2.24, 2.45) is 0 Å². The molecule has 0 unspecified atom stereocenters. The standard InChI is InChI=1S/C19H20N4O5/c1-27-14-8-13(9-15(10-14)28-2)6-7-20-18(24)11-22-12-21-16-4-3-5-17(19(16)22)23(25)26/h3-5,8-10,12H,6-7,11H2,1-2H3,(H,20,24). The highest BCUT2D eigenvalue weighted by Crippen LogP contribution is 2.24. The smallest absolute Gasteiger partial charge is 0.295 e. The molecular weight excluding hydrogens is 364 g/mol. The van der Waals surface area contributed by atoms with Crippen molar-refractivity contribution in [3.05, 3.63) is 58.4 Å². The van der Waals surface area contributed by atoms with E-state index in [4.69, 9.17) is 9.47 Å². The summed E-state index contributed by atoms with van der Waals surface area (Å²) in [6.45, 7) is 0.354. The van der Waals surface area contributed by atoms with Crippen molar-refractivity contribution >= 4 is 22.6 Å². The third-order valence-corrected chi connectivity index (χ3v) is 4.27. The second kappa shape index (κ2) is 8.38. The number of hydrogen-bond acceptors (Lipinski definition) is 6. The van der Waals surface area contributed by atoms with Gasteiger partial charge < -0.3 is 19.4 Å². The lowest BCUT2D eigenvalue weighted by Gasteiger charge is -2.10. The van der Waals surface area contributed by atoms with E-state index < -0.39 is 4.92 Å². The Hall–Kier alpha value is -3.62. The van der Waals surface area contributed by atoms with Gasteiger partial charge in [0.15, 0.2) is 0 Å². The lowest BCUT2D eigenvalue weighted by molar-refractivity contribution is -0.383. The topological polar surface area (TPSA) is 109 Å². The summed E-state index contributed by atoms with van der Waals surface area (Å²) in [4.78, 5) is 27.2. The molecular formula is C19H20N4O5. The summed E-state index contributed by atoms with van der Waals surface area (Å²) < 4.78 is 12.0. The molecule has 0 spiro atoms. The van der Waals surface area contributed by atoms with Gasteiger partial charge in [-0.1, -0.05) is 6.07 Å². The molecule has 9 nitrogen and oxygen atoms in total. The number of nitro groups is 1. The number of non-ortho nitro benzene ring substituents is 1. The van der Waals surface area contributed by atoms with Gasteiger partial charge in [0.25, 0.3) is 5.69 Å². The molecule has 0 bridgehead atoms. The van der Waals surface area contributed by atoms with Crippen molar-refractivity contribution in [3.63, 3.8) is 0 Å². The van der Waals surface area contributed by atoms with Crippen LogP contribution in [0.5, 0.6) is 11.5 Å². The molecule has 1 heterocycles. The minimum Gasteiger partial charge on any atom is -0.497 e. The van der Waals surface area contributed by atoms with Gasteiger partial charge in [0.1, 0.15) is 23.6 Å². The zero-order valence-corrected chi connectivity index (χ0v) is 15.5. The molecule has 146 valence electrons. The van der Waals surface area contributed by atoms with Crippen LogP contribution < -0.4 is 14.8 Å². The van der Waals surface area contributed by atoms with E-state index in [0.29, 0.717) is 35.5 Å². The normalized spacial score (nSPS) is 10.6. The van der Waals surface area contributed by atoms with Gasteiger partial charge in [-0.15, -0.1) is 0 Å². The van der Waals surface area contributed by atoms with E-state index in [0.717, 1.165) is 5.56 Å². The fraction of sp³-hybridized carbons (Fsp3) is 0.263. The molecule has 0 aliphatic carbocycles. The summed E-state index contributed by atoms with van der Waals surface area (Å²) >= 11 is 0. The monoisotopic (exact) mass is 384 g/mol. The molecule has 1 aromatic heterocycles. The number of aromatic nitrogens is 2. The summed E-state index contributed by atoms with van der Waals surface area (Å²) in [6.07, 6.45) is 2.02. The first-order chi connectivity index (χ1) is 13.5. The van der Waals surface area contributed by atoms with E-state index in [9.17, 15) is 14.9 Å². The summed E-state index contributed by atoms with van der Waals surface area (Å²) in [5.74, 6) is 1.10. The predicted molar refractivity (Wildman–Crippen MR) is 103 cm³/mol. The van der Waals surface area contributed by atoms with Gasteiger partial charge >= 0.3 is 0 Å². The van der Waals surface area contributed by atoms with Crippen LogP contribution in [-0.4, -0.2) is 41.1 Å². The molecule has 0 saturated carbocycles. The number of methoxy groups -OCH3 is 2. The number of hydrogen-bond donors (Lipinski definition) is 1. The quantitative estimate of drug-likeness (QED) is 0.472. The van der Waals surface area contributed by atoms with Crippen LogP contribution in [0.1, 0.15) is 5.56 Å². The molecule has 0 atom stereocenters. The fourth-order valence-corrected chi connectivity index (χ4v) is 2.94. The Morgan fingerprint density at radius 1 is 1.21 bits per heavy atom. The fourth-order valence-electron chi connectivity index (χ4n) is 2.94. The van der Waals surface area contributed by atoms with Gasteiger partial charge in [0, 0.05) is 18.7 Å². The van der Waals surface area contributed by atoms with Gasteiger partial charge in [-0.05, 0) is 30.2 Å². The van der Waals surface area contributed by atoms with Gasteiger partial charge in [0.2, 0.25) is 5.91 Å². The van der Waals surface area contributed by atoms with Crippen LogP contribution in [0.25, 0.3) is 11.0 Å². The van der Waals surface area contributed by atoms with Crippen molar-refractivity contribution in [1.82, 2.24) is 14.9 Å². The largest absolute Gasteiger partial charge is 0.497 e. The summed E-state index contributed by atoms with van der Waals surface area (Å²) in [5, 5.41) is 14.0. The molecule has 0 saturated heterocycles. The Bertz CT molecular complexity index is 992. The number of ether oxygens (including phenoxy) is 2. The van der Waals surface area contributed by atoms with Gasteiger partial charge in [-0.25, -0.2) is 4.98 Å². The minimum atomic E-state index is -0.478. The second-order valence-electron chi connectivity index (χ2n) is 6.10. The number of carbonyl (C=O) groups is 1. The van der Waals surface area contributed by atoms with Crippen LogP contribution in [0.2, 0.25) is 0 Å². The Kier molecular flexibility index (Phi) is 5.73. The lowest BCUT2D eigenvalue weighted by Crippen LogP contribution is -2.29. The number of nitrogens with one attached hydrogen (secondary N) is 1. The van der Waals surface area contributed by atoms with E-state index in [1.165, 1.54) is 17.0 Å². The maximum absolute atomic E-state index is 12.3. The highest BCUT2D eigenvalue weighted by Gasteiger charge is 2.17. The minimum absolute atomic E-state index is 0.0528. The average Bonchev–Trinajstić information content (AvgIpc) is 3.10. The Morgan fingerprint density at radius 2 is 1.93 bits per heavy atom. The highest BCUT2D eigenvalue weighted by molar-refractivity contribution is 5.86. The molecule has 0 aliphatic rings. The number of nitrogens with zero attached hydrogens (tertiary/aromatic N) is 3. The van der Waals surface area contributed by atoms with E-state index in [2.05, 4.69) is 10.3 Å². The maximum atomic E-state index is 12.3. The van der Waals surface area contributed by atoms with E-state index >= 15 is 0 Å². The highest BCUT2D eigenvalue weighted by atomic mass is 16.6. The summed E-state index contributed by atoms with van der Waals surface area (Å²) in [7, 11) is 3.16. The van der Waals surface area contributed by atoms with Crippen LogP contribution in [0.3, 0.4) is 0 Å². The Morgan fingerprint density at radius 3 is 2.57 bits per heavy atom. The lowest BCUT2D eigenvalue weighted by atomic mass is 10.1. The molecule has 9 heteroatoms. The van der Waals surface area contributed by atoms with E-state index in [1.54, 1.807) is 32.4 Å². The molecule has 2 aromatic carbocycles. The summed E-state index contributed by atoms with van der Waals surface area (Å²) in [5.41, 5.74) is 1.69. The zero-order valence-electron chi connectivity index (χ0n) is 15.5. The van der Waals surface area contributed by atoms with Crippen molar-refractivity contribution < 1.29 is 19.2 Å². The van der Waals surface area contributed by atoms with Crippen LogP contribution in [0.15, 0.2) is 42.7 Å². The predicted octanol–water partition coefficient (Wildman–Crippen LogP) is 2.32. The number of imidazole rings is 1. The molecule has 3 rings (SSSR count). The third kappa shape index (κ3) is 4.20. The number of rotatable bonds is 8. The first kappa shape index (κ1) is 19.2. The van der Waals surface area contributed by atoms with Crippen LogP contribution in [-0.2, 0) is 17.8 Å². The maximum Gasteiger partial charge on any atom is 0.295 e. The number of para-hydroxylation sites is 1. The van der Waals surface area contributed by atoms with Crippen molar-refractivity contribution in [1.29, 1.82) is 0 Å². The molecule has 0 radical (unpaired) electrons. The van der Waals surface area contributed by atoms with Gasteiger partial charge in [0.05, 0.1) is 31.0 Å². The van der Waals surface area contributed by atoms with Crippen LogP contribution >= 0.6 is 0 Å². The number of nitro benzene ring substituents is 1. The van der Waals surface area contributed by atoms with Crippen molar-refractivity contribution in [2.45, 2.75) is 13.0 Å². The summed E-state index contributed by atoms with van der Waals surface area (Å²) in [6, 6.07) is 10.2. The molecule has 28 heavy (non-hydrogen) atoms. The Labute approximate surface area is 161 Å². The van der Waals surface area contributed by atoms with Gasteiger partial charge in [-0.2, -0.15) is 0 Å². The zero-order chi connectivity index (χ0) is 20.1. The first-order valence-corrected chi connectivity index (χ1v) is 8.58. The van der Waals surface area contributed by atoms with Crippen LogP contribution in [0, 0.1) is 10.1 Å². The number of benzene rings is 2. The molecule has 1 N–H and O–H groups in total. The van der Waals surface area contributed by atoms with Gasteiger partial charge in [-0.3, -0.25) is 14.9 Å². The van der Waals surface area contributed by atoms with Crippen molar-refractivity contribution in [2.75, 3.05) is 20.8 Å². The number of amides is 1. The van der Waals surface area contributed by atoms with Crippen LogP contribution in [0.4, 0.5) is 5.69 Å². The molecule has 0 aliphatic heterocycles. The second-order valence-corrected chi connectivity index (χ2v) is 6.10. The first-order valence-electron chi connectivity index (χ1n) is 8.58. The van der Waals surface area contributed by atoms with E-state index in [1.807, 2.05) is 12.1 Å². The molecule has 1 amide bonds. The Balaban J connectivity index is 1.64. The number of carbonyl (C=O) groups excluding carboxylic acids is 1.